The van der Waals surface area contributed by atoms with Crippen LogP contribution in [0.2, 0.25) is 0 Å². The molecule has 2 aromatic rings. The fourth-order valence-electron chi connectivity index (χ4n) is 1.85. The maximum atomic E-state index is 5.13. The molecule has 1 heterocycles. The van der Waals surface area contributed by atoms with Gasteiger partial charge in [0.25, 0.3) is 0 Å². The first kappa shape index (κ1) is 13.5. The second-order valence-electron chi connectivity index (χ2n) is 4.43. The van der Waals surface area contributed by atoms with Gasteiger partial charge in [-0.2, -0.15) is 5.10 Å². The van der Waals surface area contributed by atoms with Crippen molar-refractivity contribution in [2.45, 2.75) is 12.8 Å². The van der Waals surface area contributed by atoms with E-state index in [0.29, 0.717) is 0 Å². The van der Waals surface area contributed by atoms with Crippen LogP contribution in [0, 0.1) is 0 Å². The molecule has 0 bridgehead atoms. The van der Waals surface area contributed by atoms with E-state index < -0.39 is 0 Å². The van der Waals surface area contributed by atoms with Crippen molar-refractivity contribution < 1.29 is 4.74 Å². The van der Waals surface area contributed by atoms with Crippen molar-refractivity contribution in [1.29, 1.82) is 0 Å². The SMILES string of the molecule is COc1ccc(CCNCCc2ncn(C)n2)cc1. The zero-order valence-electron chi connectivity index (χ0n) is 11.5. The second-order valence-corrected chi connectivity index (χ2v) is 4.43. The summed E-state index contributed by atoms with van der Waals surface area (Å²) in [6.45, 7) is 1.86. The van der Waals surface area contributed by atoms with Gasteiger partial charge >= 0.3 is 0 Å². The molecular formula is C14H20N4O. The number of aryl methyl sites for hydroxylation is 1. The van der Waals surface area contributed by atoms with Crippen molar-refractivity contribution in [2.24, 2.45) is 7.05 Å². The molecule has 0 fully saturated rings. The average molecular weight is 260 g/mol. The van der Waals surface area contributed by atoms with Gasteiger partial charge in [0, 0.05) is 20.0 Å². The number of hydrogen-bond donors (Lipinski definition) is 1. The molecule has 0 radical (unpaired) electrons. The zero-order chi connectivity index (χ0) is 13.5. The number of aromatic nitrogens is 3. The highest BCUT2D eigenvalue weighted by atomic mass is 16.5. The van der Waals surface area contributed by atoms with E-state index in [1.54, 1.807) is 18.1 Å². The third kappa shape index (κ3) is 4.37. The van der Waals surface area contributed by atoms with Gasteiger partial charge in [0.15, 0.2) is 5.82 Å². The molecule has 0 saturated heterocycles. The molecule has 1 aromatic carbocycles. The lowest BCUT2D eigenvalue weighted by Gasteiger charge is -2.05. The first-order valence-corrected chi connectivity index (χ1v) is 6.46. The number of nitrogens with one attached hydrogen (secondary N) is 1. The van der Waals surface area contributed by atoms with Crippen LogP contribution in [0.15, 0.2) is 30.6 Å². The lowest BCUT2D eigenvalue weighted by atomic mass is 10.1. The second kappa shape index (κ2) is 6.89. The van der Waals surface area contributed by atoms with Crippen LogP contribution in [0.5, 0.6) is 5.75 Å². The minimum Gasteiger partial charge on any atom is -0.497 e. The van der Waals surface area contributed by atoms with Crippen LogP contribution >= 0.6 is 0 Å². The van der Waals surface area contributed by atoms with Gasteiger partial charge in [-0.25, -0.2) is 4.98 Å². The van der Waals surface area contributed by atoms with Crippen LogP contribution in [0.1, 0.15) is 11.4 Å². The lowest BCUT2D eigenvalue weighted by Crippen LogP contribution is -2.20. The molecule has 0 unspecified atom stereocenters. The Kier molecular flexibility index (Phi) is 4.92. The molecule has 0 aliphatic heterocycles. The zero-order valence-corrected chi connectivity index (χ0v) is 11.5. The molecule has 0 amide bonds. The Morgan fingerprint density at radius 2 is 1.89 bits per heavy atom. The van der Waals surface area contributed by atoms with Crippen molar-refractivity contribution >= 4 is 0 Å². The van der Waals surface area contributed by atoms with Gasteiger partial charge in [-0.3, -0.25) is 4.68 Å². The lowest BCUT2D eigenvalue weighted by molar-refractivity contribution is 0.414. The van der Waals surface area contributed by atoms with Crippen LogP contribution in [-0.2, 0) is 19.9 Å². The Morgan fingerprint density at radius 1 is 1.16 bits per heavy atom. The fraction of sp³-hybridized carbons (Fsp3) is 0.429. The smallest absolute Gasteiger partial charge is 0.151 e. The van der Waals surface area contributed by atoms with Crippen molar-refractivity contribution in [2.75, 3.05) is 20.2 Å². The quantitative estimate of drug-likeness (QED) is 0.760. The van der Waals surface area contributed by atoms with E-state index in [0.717, 1.165) is 37.5 Å². The summed E-state index contributed by atoms with van der Waals surface area (Å²) in [7, 11) is 3.57. The maximum Gasteiger partial charge on any atom is 0.151 e. The molecule has 0 spiro atoms. The highest BCUT2D eigenvalue weighted by molar-refractivity contribution is 5.27. The summed E-state index contributed by atoms with van der Waals surface area (Å²) < 4.78 is 6.86. The van der Waals surface area contributed by atoms with E-state index >= 15 is 0 Å². The predicted molar refractivity (Wildman–Crippen MR) is 74.3 cm³/mol. The molecule has 0 aliphatic rings. The van der Waals surface area contributed by atoms with E-state index in [9.17, 15) is 0 Å². The Hall–Kier alpha value is -1.88. The molecule has 0 atom stereocenters. The molecule has 19 heavy (non-hydrogen) atoms. The summed E-state index contributed by atoms with van der Waals surface area (Å²) in [6.07, 6.45) is 3.61. The number of rotatable bonds is 7. The molecule has 1 N–H and O–H groups in total. The summed E-state index contributed by atoms with van der Waals surface area (Å²) in [5.41, 5.74) is 1.31. The fourth-order valence-corrected chi connectivity index (χ4v) is 1.85. The molecule has 0 saturated carbocycles. The average Bonchev–Trinajstić information content (AvgIpc) is 2.85. The van der Waals surface area contributed by atoms with E-state index in [1.165, 1.54) is 5.56 Å². The Balaban J connectivity index is 1.63. The maximum absolute atomic E-state index is 5.13. The molecule has 1 aromatic heterocycles. The van der Waals surface area contributed by atoms with E-state index in [4.69, 9.17) is 4.74 Å². The van der Waals surface area contributed by atoms with Gasteiger partial charge in [-0.05, 0) is 30.7 Å². The summed E-state index contributed by atoms with van der Waals surface area (Å²) >= 11 is 0. The largest absolute Gasteiger partial charge is 0.497 e. The predicted octanol–water partition coefficient (Wildman–Crippen LogP) is 1.20. The summed E-state index contributed by atoms with van der Waals surface area (Å²) in [5.74, 6) is 1.79. The van der Waals surface area contributed by atoms with Crippen LogP contribution in [0.25, 0.3) is 0 Å². The molecule has 2 rings (SSSR count). The van der Waals surface area contributed by atoms with E-state index in [-0.39, 0.29) is 0 Å². The number of hydrogen-bond acceptors (Lipinski definition) is 4. The first-order valence-electron chi connectivity index (χ1n) is 6.46. The van der Waals surface area contributed by atoms with E-state index in [2.05, 4.69) is 27.5 Å². The Bertz CT molecular complexity index is 492. The van der Waals surface area contributed by atoms with Crippen molar-refractivity contribution in [3.05, 3.63) is 42.0 Å². The number of methoxy groups -OCH3 is 1. The van der Waals surface area contributed by atoms with Gasteiger partial charge in [0.05, 0.1) is 7.11 Å². The third-order valence-electron chi connectivity index (χ3n) is 2.92. The van der Waals surface area contributed by atoms with Crippen LogP contribution in [-0.4, -0.2) is 35.0 Å². The topological polar surface area (TPSA) is 52.0 Å². The van der Waals surface area contributed by atoms with Gasteiger partial charge in [0.2, 0.25) is 0 Å². The first-order chi connectivity index (χ1) is 9.28. The van der Waals surface area contributed by atoms with Crippen LogP contribution < -0.4 is 10.1 Å². The summed E-state index contributed by atoms with van der Waals surface area (Å²) in [6, 6.07) is 8.18. The Labute approximate surface area is 113 Å². The van der Waals surface area contributed by atoms with Gasteiger partial charge < -0.3 is 10.1 Å². The molecule has 5 nitrogen and oxygen atoms in total. The van der Waals surface area contributed by atoms with Crippen LogP contribution in [0.3, 0.4) is 0 Å². The summed E-state index contributed by atoms with van der Waals surface area (Å²) in [5, 5.41) is 7.64. The van der Waals surface area contributed by atoms with Gasteiger partial charge in [0.1, 0.15) is 12.1 Å². The highest BCUT2D eigenvalue weighted by Crippen LogP contribution is 2.11. The minimum absolute atomic E-state index is 0.865. The standard InChI is InChI=1S/C14H20N4O/c1-18-11-16-14(17-18)8-10-15-9-7-12-3-5-13(19-2)6-4-12/h3-6,11,15H,7-10H2,1-2H3. The number of benzene rings is 1. The monoisotopic (exact) mass is 260 g/mol. The van der Waals surface area contributed by atoms with E-state index in [1.807, 2.05) is 19.2 Å². The minimum atomic E-state index is 0.865. The third-order valence-corrected chi connectivity index (χ3v) is 2.92. The normalized spacial score (nSPS) is 10.6. The molecule has 5 heteroatoms. The van der Waals surface area contributed by atoms with Gasteiger partial charge in [-0.15, -0.1) is 0 Å². The molecule has 102 valence electrons. The van der Waals surface area contributed by atoms with Crippen molar-refractivity contribution in [1.82, 2.24) is 20.1 Å². The highest BCUT2D eigenvalue weighted by Gasteiger charge is 1.98. The van der Waals surface area contributed by atoms with Gasteiger partial charge in [-0.1, -0.05) is 12.1 Å². The molecular weight excluding hydrogens is 240 g/mol. The van der Waals surface area contributed by atoms with Crippen molar-refractivity contribution in [3.63, 3.8) is 0 Å². The van der Waals surface area contributed by atoms with Crippen molar-refractivity contribution in [3.8, 4) is 5.75 Å². The van der Waals surface area contributed by atoms with Crippen LogP contribution in [0.4, 0.5) is 0 Å². The Morgan fingerprint density at radius 3 is 2.53 bits per heavy atom. The number of nitrogens with zero attached hydrogens (tertiary/aromatic N) is 3. The summed E-state index contributed by atoms with van der Waals surface area (Å²) in [4.78, 5) is 4.19. The molecule has 0 aliphatic carbocycles. The number of ether oxygens (including phenoxy) is 1.